The first-order valence-corrected chi connectivity index (χ1v) is 11.5. The highest BCUT2D eigenvalue weighted by Gasteiger charge is 2.21. The van der Waals surface area contributed by atoms with Crippen LogP contribution in [0.2, 0.25) is 5.02 Å². The molecule has 0 radical (unpaired) electrons. The lowest BCUT2D eigenvalue weighted by Gasteiger charge is -2.36. The molecule has 2 N–H and O–H groups in total. The number of hydrogen-bond donors (Lipinski definition) is 2. The van der Waals surface area contributed by atoms with E-state index in [9.17, 15) is 14.0 Å². The number of benzene rings is 3. The zero-order valence-electron chi connectivity index (χ0n) is 18.9. The Morgan fingerprint density at radius 2 is 1.59 bits per heavy atom. The van der Waals surface area contributed by atoms with Gasteiger partial charge in [-0.15, -0.1) is 0 Å². The van der Waals surface area contributed by atoms with E-state index in [2.05, 4.69) is 21.6 Å². The summed E-state index contributed by atoms with van der Waals surface area (Å²) in [6, 6.07) is 19.1. The van der Waals surface area contributed by atoms with Gasteiger partial charge in [-0.2, -0.15) is 0 Å². The number of anilines is 3. The summed E-state index contributed by atoms with van der Waals surface area (Å²) in [6.45, 7) is 4.87. The lowest BCUT2D eigenvalue weighted by Crippen LogP contribution is -2.49. The SMILES string of the molecule is Cc1cccc(CC(=O)N2CCN(c3ccc(NC(=O)Nc4ccc(F)c(Cl)c4)cc3)CC2)c1. The Bertz CT molecular complexity index is 1180. The molecule has 34 heavy (non-hydrogen) atoms. The molecule has 0 bridgehead atoms. The van der Waals surface area contributed by atoms with E-state index < -0.39 is 11.8 Å². The summed E-state index contributed by atoms with van der Waals surface area (Å²) in [6.07, 6.45) is 0.425. The van der Waals surface area contributed by atoms with Gasteiger partial charge < -0.3 is 20.4 Å². The normalized spacial score (nSPS) is 13.5. The van der Waals surface area contributed by atoms with Gasteiger partial charge in [0.05, 0.1) is 11.4 Å². The molecule has 0 spiro atoms. The molecule has 3 aromatic carbocycles. The third-order valence-electron chi connectivity index (χ3n) is 5.74. The van der Waals surface area contributed by atoms with Gasteiger partial charge in [0.2, 0.25) is 5.91 Å². The smallest absolute Gasteiger partial charge is 0.323 e. The fraction of sp³-hybridized carbons (Fsp3) is 0.231. The predicted octanol–water partition coefficient (Wildman–Crippen LogP) is 5.32. The summed E-state index contributed by atoms with van der Waals surface area (Å²) < 4.78 is 13.3. The Morgan fingerprint density at radius 1 is 0.912 bits per heavy atom. The topological polar surface area (TPSA) is 64.7 Å². The van der Waals surface area contributed by atoms with Crippen LogP contribution in [0.15, 0.2) is 66.7 Å². The average Bonchev–Trinajstić information content (AvgIpc) is 2.82. The lowest BCUT2D eigenvalue weighted by atomic mass is 10.1. The second-order valence-corrected chi connectivity index (χ2v) is 8.70. The minimum atomic E-state index is -0.542. The molecule has 0 aliphatic carbocycles. The molecule has 1 aliphatic heterocycles. The second-order valence-electron chi connectivity index (χ2n) is 8.29. The van der Waals surface area contributed by atoms with E-state index in [1.807, 2.05) is 54.3 Å². The first kappa shape index (κ1) is 23.6. The third-order valence-corrected chi connectivity index (χ3v) is 6.03. The number of amides is 3. The summed E-state index contributed by atoms with van der Waals surface area (Å²) >= 11 is 5.74. The number of nitrogens with one attached hydrogen (secondary N) is 2. The van der Waals surface area contributed by atoms with Gasteiger partial charge in [0, 0.05) is 43.2 Å². The Labute approximate surface area is 203 Å². The number of carbonyl (C=O) groups excluding carboxylic acids is 2. The molecule has 3 amide bonds. The lowest BCUT2D eigenvalue weighted by molar-refractivity contribution is -0.130. The van der Waals surface area contributed by atoms with Crippen molar-refractivity contribution in [1.29, 1.82) is 0 Å². The van der Waals surface area contributed by atoms with Crippen LogP contribution in [0.3, 0.4) is 0 Å². The van der Waals surface area contributed by atoms with Gasteiger partial charge in [0.15, 0.2) is 0 Å². The van der Waals surface area contributed by atoms with E-state index in [0.717, 1.165) is 29.9 Å². The molecule has 176 valence electrons. The Hall–Kier alpha value is -3.58. The van der Waals surface area contributed by atoms with Crippen molar-refractivity contribution in [3.8, 4) is 0 Å². The Balaban J connectivity index is 1.26. The van der Waals surface area contributed by atoms with E-state index in [0.29, 0.717) is 30.9 Å². The second kappa shape index (κ2) is 10.6. The van der Waals surface area contributed by atoms with Gasteiger partial charge in [0.1, 0.15) is 5.82 Å². The quantitative estimate of drug-likeness (QED) is 0.519. The molecule has 1 saturated heterocycles. The van der Waals surface area contributed by atoms with Crippen molar-refractivity contribution >= 4 is 40.6 Å². The summed E-state index contributed by atoms with van der Waals surface area (Å²) in [5.41, 5.74) is 4.26. The van der Waals surface area contributed by atoms with E-state index in [1.165, 1.54) is 18.2 Å². The largest absolute Gasteiger partial charge is 0.368 e. The summed E-state index contributed by atoms with van der Waals surface area (Å²) in [7, 11) is 0. The van der Waals surface area contributed by atoms with E-state index in [1.54, 1.807) is 0 Å². The highest BCUT2D eigenvalue weighted by Crippen LogP contribution is 2.22. The molecule has 3 aromatic rings. The minimum Gasteiger partial charge on any atom is -0.368 e. The molecule has 8 heteroatoms. The molecule has 4 rings (SSSR count). The highest BCUT2D eigenvalue weighted by molar-refractivity contribution is 6.31. The molecule has 0 aromatic heterocycles. The van der Waals surface area contributed by atoms with E-state index >= 15 is 0 Å². The third kappa shape index (κ3) is 6.05. The molecule has 0 saturated carbocycles. The maximum atomic E-state index is 13.3. The summed E-state index contributed by atoms with van der Waals surface area (Å²) in [5.74, 6) is -0.391. The van der Waals surface area contributed by atoms with Crippen molar-refractivity contribution in [3.63, 3.8) is 0 Å². The highest BCUT2D eigenvalue weighted by atomic mass is 35.5. The molecule has 0 atom stereocenters. The number of hydrogen-bond acceptors (Lipinski definition) is 3. The van der Waals surface area contributed by atoms with Gasteiger partial charge in [-0.1, -0.05) is 41.4 Å². The fourth-order valence-electron chi connectivity index (χ4n) is 3.95. The molecule has 1 fully saturated rings. The van der Waals surface area contributed by atoms with Crippen molar-refractivity contribution in [2.45, 2.75) is 13.3 Å². The Morgan fingerprint density at radius 3 is 2.26 bits per heavy atom. The first-order valence-electron chi connectivity index (χ1n) is 11.1. The Kier molecular flexibility index (Phi) is 7.33. The van der Waals surface area contributed by atoms with Gasteiger partial charge in [0.25, 0.3) is 0 Å². The number of carbonyl (C=O) groups is 2. The van der Waals surface area contributed by atoms with Crippen molar-refractivity contribution < 1.29 is 14.0 Å². The minimum absolute atomic E-state index is 0.0564. The molecular weight excluding hydrogens is 455 g/mol. The van der Waals surface area contributed by atoms with Crippen LogP contribution in [0.5, 0.6) is 0 Å². The van der Waals surface area contributed by atoms with Crippen LogP contribution < -0.4 is 15.5 Å². The monoisotopic (exact) mass is 480 g/mol. The van der Waals surface area contributed by atoms with Crippen LogP contribution >= 0.6 is 11.6 Å². The fourth-order valence-corrected chi connectivity index (χ4v) is 4.13. The van der Waals surface area contributed by atoms with E-state index in [-0.39, 0.29) is 10.9 Å². The standard InChI is InChI=1S/C26H26ClFN4O2/c1-18-3-2-4-19(15-18)16-25(33)32-13-11-31(12-14-32)22-8-5-20(6-9-22)29-26(34)30-21-7-10-24(28)23(27)17-21/h2-10,15,17H,11-14,16H2,1H3,(H2,29,30,34). The molecule has 0 unspecified atom stereocenters. The van der Waals surface area contributed by atoms with Crippen molar-refractivity contribution in [2.75, 3.05) is 41.7 Å². The summed E-state index contributed by atoms with van der Waals surface area (Å²) in [5, 5.41) is 5.31. The van der Waals surface area contributed by atoms with Crippen LogP contribution in [0, 0.1) is 12.7 Å². The zero-order chi connectivity index (χ0) is 24.1. The van der Waals surface area contributed by atoms with E-state index in [4.69, 9.17) is 11.6 Å². The number of aryl methyl sites for hydroxylation is 1. The van der Waals surface area contributed by atoms with Gasteiger partial charge in [-0.05, 0) is 55.0 Å². The van der Waals surface area contributed by atoms with Crippen molar-refractivity contribution in [1.82, 2.24) is 4.90 Å². The van der Waals surface area contributed by atoms with Gasteiger partial charge >= 0.3 is 6.03 Å². The maximum Gasteiger partial charge on any atom is 0.323 e. The van der Waals surface area contributed by atoms with Crippen LogP contribution in [0.1, 0.15) is 11.1 Å². The predicted molar refractivity (Wildman–Crippen MR) is 134 cm³/mol. The van der Waals surface area contributed by atoms with Gasteiger partial charge in [-0.3, -0.25) is 4.79 Å². The van der Waals surface area contributed by atoms with Crippen LogP contribution in [0.4, 0.5) is 26.2 Å². The number of piperazine rings is 1. The maximum absolute atomic E-state index is 13.3. The van der Waals surface area contributed by atoms with Crippen LogP contribution in [0.25, 0.3) is 0 Å². The number of rotatable bonds is 5. The van der Waals surface area contributed by atoms with Crippen LogP contribution in [-0.2, 0) is 11.2 Å². The number of halogens is 2. The number of nitrogens with zero attached hydrogens (tertiary/aromatic N) is 2. The van der Waals surface area contributed by atoms with Crippen molar-refractivity contribution in [3.05, 3.63) is 88.7 Å². The molecule has 6 nitrogen and oxygen atoms in total. The van der Waals surface area contributed by atoms with Crippen molar-refractivity contribution in [2.24, 2.45) is 0 Å². The first-order chi connectivity index (χ1) is 16.4. The zero-order valence-corrected chi connectivity index (χ0v) is 19.6. The van der Waals surface area contributed by atoms with Gasteiger partial charge in [-0.25, -0.2) is 9.18 Å². The number of urea groups is 1. The van der Waals surface area contributed by atoms with Crippen LogP contribution in [-0.4, -0.2) is 43.0 Å². The summed E-state index contributed by atoms with van der Waals surface area (Å²) in [4.78, 5) is 29.0. The molecular formula is C26H26ClFN4O2. The molecule has 1 heterocycles. The average molecular weight is 481 g/mol. The molecule has 1 aliphatic rings.